The number of unbranched alkanes of at least 4 members (excludes halogenated alkanes) is 10. The van der Waals surface area contributed by atoms with E-state index in [4.69, 9.17) is 28.4 Å². The van der Waals surface area contributed by atoms with Crippen LogP contribution in [0.15, 0.2) is 109 Å². The fraction of sp³-hybridized carbons (Fsp3) is 0.543. The highest BCUT2D eigenvalue weighted by Gasteiger charge is 2.25. The van der Waals surface area contributed by atoms with Gasteiger partial charge < -0.3 is 28.4 Å². The molecular weight excluding hydrogens is 937 g/mol. The minimum absolute atomic E-state index is 0.654. The van der Waals surface area contributed by atoms with Crippen LogP contribution in [0, 0.1) is 11.8 Å². The van der Waals surface area contributed by atoms with Gasteiger partial charge in [0.25, 0.3) is 0 Å². The third-order valence-corrected chi connectivity index (χ3v) is 17.2. The minimum Gasteiger partial charge on any atom is -0.494 e. The summed E-state index contributed by atoms with van der Waals surface area (Å²) >= 11 is 0. The van der Waals surface area contributed by atoms with Crippen LogP contribution in [0.2, 0.25) is 0 Å². The molecule has 0 amide bonds. The standard InChI is InChI=1S/C70H92O6/c1-3-5-11-19-53-21-25-55(26-22-53)57-29-35-61(36-30-57)71-45-13-7-9-15-47-73-63-39-41-65-59(51-63)33-43-67-69(65)70-66-42-40-64(52-60(66)34-44-68(70)76-50-18-17-49-75-67)74-48-16-10-8-14-46-72-62-37-31-58(32-38-62)56-27-23-54(24-28-56)20-12-6-4-2/h29-44,51-56H,3-28,45-50H2,1-2H3. The highest BCUT2D eigenvalue weighted by atomic mass is 16.5. The Balaban J connectivity index is 0.707. The summed E-state index contributed by atoms with van der Waals surface area (Å²) < 4.78 is 38.1. The maximum absolute atomic E-state index is 6.55. The van der Waals surface area contributed by atoms with Gasteiger partial charge in [0.2, 0.25) is 0 Å². The zero-order valence-corrected chi connectivity index (χ0v) is 46.8. The molecule has 0 atom stereocenters. The molecule has 3 aliphatic rings. The predicted octanol–water partition coefficient (Wildman–Crippen LogP) is 20.0. The van der Waals surface area contributed by atoms with Crippen LogP contribution in [0.25, 0.3) is 32.7 Å². The summed E-state index contributed by atoms with van der Waals surface area (Å²) in [7, 11) is 0. The summed E-state index contributed by atoms with van der Waals surface area (Å²) in [4.78, 5) is 0. The lowest BCUT2D eigenvalue weighted by molar-refractivity contribution is 0.264. The van der Waals surface area contributed by atoms with Gasteiger partial charge >= 0.3 is 0 Å². The highest BCUT2D eigenvalue weighted by Crippen LogP contribution is 2.47. The van der Waals surface area contributed by atoms with Crippen LogP contribution in [-0.2, 0) is 0 Å². The van der Waals surface area contributed by atoms with Crippen molar-refractivity contribution in [3.05, 3.63) is 120 Å². The van der Waals surface area contributed by atoms with E-state index in [2.05, 4.69) is 123 Å². The Kier molecular flexibility index (Phi) is 21.8. The summed E-state index contributed by atoms with van der Waals surface area (Å²) in [6.45, 7) is 8.82. The van der Waals surface area contributed by atoms with Crippen molar-refractivity contribution in [2.24, 2.45) is 11.8 Å². The van der Waals surface area contributed by atoms with Crippen LogP contribution >= 0.6 is 0 Å². The second-order valence-electron chi connectivity index (χ2n) is 22.8. The Hall–Kier alpha value is -5.36. The number of fused-ring (bicyclic) bond motifs is 7. The Morgan fingerprint density at radius 3 is 1.12 bits per heavy atom. The minimum atomic E-state index is 0.654. The average molecular weight is 1030 g/mol. The van der Waals surface area contributed by atoms with Crippen LogP contribution in [0.4, 0.5) is 0 Å². The predicted molar refractivity (Wildman–Crippen MR) is 317 cm³/mol. The highest BCUT2D eigenvalue weighted by molar-refractivity contribution is 6.10. The van der Waals surface area contributed by atoms with E-state index in [9.17, 15) is 0 Å². The van der Waals surface area contributed by atoms with Crippen molar-refractivity contribution >= 4 is 21.5 Å². The van der Waals surface area contributed by atoms with Crippen LogP contribution < -0.4 is 28.4 Å². The summed E-state index contributed by atoms with van der Waals surface area (Å²) in [6.07, 6.45) is 32.6. The second kappa shape index (κ2) is 30.0. The molecule has 6 aromatic rings. The molecule has 1 aliphatic heterocycles. The smallest absolute Gasteiger partial charge is 0.127 e. The molecule has 1 heterocycles. The second-order valence-corrected chi connectivity index (χ2v) is 22.8. The topological polar surface area (TPSA) is 55.4 Å². The maximum Gasteiger partial charge on any atom is 0.127 e. The van der Waals surface area contributed by atoms with E-state index < -0.39 is 0 Å². The quantitative estimate of drug-likeness (QED) is 0.0457. The number of hydrogen-bond donors (Lipinski definition) is 0. The molecular formula is C70H92O6. The molecule has 408 valence electrons. The van der Waals surface area contributed by atoms with Crippen molar-refractivity contribution in [3.63, 3.8) is 0 Å². The van der Waals surface area contributed by atoms with Gasteiger partial charge in [0.1, 0.15) is 34.5 Å². The van der Waals surface area contributed by atoms with Crippen LogP contribution in [0.5, 0.6) is 34.5 Å². The molecule has 0 spiro atoms. The first kappa shape index (κ1) is 55.4. The molecule has 9 rings (SSSR count). The van der Waals surface area contributed by atoms with E-state index in [1.807, 2.05) is 0 Å². The SMILES string of the molecule is CCCCCC1CCC(c2ccc(OCCCCCCOc3ccc4c5c(ccc4c3)OCCCCOc3ccc4cc(OCCCCCCOc6ccc(C7CCC(CCCCC)CC7)cc6)ccc4c3-5)cc2)CC1. The Labute approximate surface area is 457 Å². The van der Waals surface area contributed by atoms with E-state index in [0.717, 1.165) is 168 Å². The number of rotatable bonds is 28. The van der Waals surface area contributed by atoms with Crippen molar-refractivity contribution in [1.29, 1.82) is 0 Å². The fourth-order valence-corrected chi connectivity index (χ4v) is 12.6. The summed E-state index contributed by atoms with van der Waals surface area (Å²) in [5.41, 5.74) is 5.13. The van der Waals surface area contributed by atoms with Crippen LogP contribution in [-0.4, -0.2) is 39.6 Å². The van der Waals surface area contributed by atoms with Crippen molar-refractivity contribution in [3.8, 4) is 45.6 Å². The lowest BCUT2D eigenvalue weighted by Crippen LogP contribution is -2.13. The summed E-state index contributed by atoms with van der Waals surface area (Å²) in [5, 5.41) is 4.50. The molecule has 2 saturated carbocycles. The van der Waals surface area contributed by atoms with Gasteiger partial charge in [0.05, 0.1) is 39.6 Å². The number of ether oxygens (including phenoxy) is 6. The third kappa shape index (κ3) is 16.1. The Bertz CT molecular complexity index is 2440. The van der Waals surface area contributed by atoms with E-state index in [0.29, 0.717) is 26.4 Å². The molecule has 76 heavy (non-hydrogen) atoms. The molecule has 0 aromatic heterocycles. The number of benzene rings is 6. The third-order valence-electron chi connectivity index (χ3n) is 17.2. The van der Waals surface area contributed by atoms with Crippen molar-refractivity contribution in [2.45, 2.75) is 193 Å². The molecule has 0 radical (unpaired) electrons. The van der Waals surface area contributed by atoms with Gasteiger partial charge in [-0.05, 0) is 245 Å². The molecule has 2 aliphatic carbocycles. The van der Waals surface area contributed by atoms with Crippen LogP contribution in [0.3, 0.4) is 0 Å². The average Bonchev–Trinajstić information content (AvgIpc) is 3.46. The molecule has 0 saturated heterocycles. The molecule has 6 heteroatoms. The van der Waals surface area contributed by atoms with Crippen molar-refractivity contribution < 1.29 is 28.4 Å². The lowest BCUT2D eigenvalue weighted by atomic mass is 9.77. The number of hydrogen-bond acceptors (Lipinski definition) is 6. The van der Waals surface area contributed by atoms with Gasteiger partial charge in [-0.1, -0.05) is 102 Å². The largest absolute Gasteiger partial charge is 0.494 e. The zero-order valence-electron chi connectivity index (χ0n) is 46.8. The van der Waals surface area contributed by atoms with Gasteiger partial charge in [-0.25, -0.2) is 0 Å². The normalized spacial score (nSPS) is 18.8. The van der Waals surface area contributed by atoms with E-state index in [-0.39, 0.29) is 0 Å². The fourth-order valence-electron chi connectivity index (χ4n) is 12.6. The molecule has 6 nitrogen and oxygen atoms in total. The van der Waals surface area contributed by atoms with Crippen molar-refractivity contribution in [1.82, 2.24) is 0 Å². The van der Waals surface area contributed by atoms with E-state index in [1.54, 1.807) is 0 Å². The molecule has 0 N–H and O–H groups in total. The molecule has 6 aromatic carbocycles. The lowest BCUT2D eigenvalue weighted by Gasteiger charge is -2.29. The molecule has 0 bridgehead atoms. The van der Waals surface area contributed by atoms with E-state index in [1.165, 1.54) is 114 Å². The Morgan fingerprint density at radius 1 is 0.368 bits per heavy atom. The first-order chi connectivity index (χ1) is 37.6. The first-order valence-corrected chi connectivity index (χ1v) is 30.7. The summed E-state index contributed by atoms with van der Waals surface area (Å²) in [5.74, 6) is 8.90. The first-order valence-electron chi connectivity index (χ1n) is 30.7. The van der Waals surface area contributed by atoms with Gasteiger partial charge in [-0.3, -0.25) is 0 Å². The van der Waals surface area contributed by atoms with Gasteiger partial charge in [-0.2, -0.15) is 0 Å². The van der Waals surface area contributed by atoms with Gasteiger partial charge in [-0.15, -0.1) is 0 Å². The van der Waals surface area contributed by atoms with Crippen molar-refractivity contribution in [2.75, 3.05) is 39.6 Å². The van der Waals surface area contributed by atoms with Gasteiger partial charge in [0.15, 0.2) is 0 Å². The monoisotopic (exact) mass is 1030 g/mol. The van der Waals surface area contributed by atoms with E-state index >= 15 is 0 Å². The summed E-state index contributed by atoms with van der Waals surface area (Å²) in [6, 6.07) is 39.6. The molecule has 2 fully saturated rings. The van der Waals surface area contributed by atoms with Gasteiger partial charge in [0, 0.05) is 11.1 Å². The Morgan fingerprint density at radius 2 is 0.737 bits per heavy atom. The zero-order chi connectivity index (χ0) is 52.0. The van der Waals surface area contributed by atoms with Crippen LogP contribution in [0.1, 0.15) is 204 Å². The molecule has 0 unspecified atom stereocenters. The maximum atomic E-state index is 6.55.